The van der Waals surface area contributed by atoms with Gasteiger partial charge in [-0.15, -0.1) is 11.3 Å². The molecule has 1 amide bonds. The highest BCUT2D eigenvalue weighted by molar-refractivity contribution is 7.17. The summed E-state index contributed by atoms with van der Waals surface area (Å²) in [6.07, 6.45) is 6.50. The van der Waals surface area contributed by atoms with Gasteiger partial charge in [0.15, 0.2) is 0 Å². The first-order valence-electron chi connectivity index (χ1n) is 7.87. The van der Waals surface area contributed by atoms with E-state index in [-0.39, 0.29) is 5.91 Å². The number of hydrogen-bond acceptors (Lipinski definition) is 6. The van der Waals surface area contributed by atoms with Gasteiger partial charge in [0.05, 0.1) is 23.8 Å². The van der Waals surface area contributed by atoms with Crippen molar-refractivity contribution >= 4 is 22.9 Å². The molecule has 0 aliphatic heterocycles. The van der Waals surface area contributed by atoms with Crippen LogP contribution in [0, 0.1) is 6.92 Å². The Kier molecular flexibility index (Phi) is 4.24. The van der Waals surface area contributed by atoms with Gasteiger partial charge in [0.2, 0.25) is 0 Å². The summed E-state index contributed by atoms with van der Waals surface area (Å²) in [4.78, 5) is 26.1. The Bertz CT molecular complexity index is 1030. The van der Waals surface area contributed by atoms with Crippen molar-refractivity contribution < 1.29 is 4.79 Å². The van der Waals surface area contributed by atoms with Crippen LogP contribution in [0.15, 0.2) is 61.2 Å². The summed E-state index contributed by atoms with van der Waals surface area (Å²) in [6, 6.07) is 11.6. The fourth-order valence-corrected chi connectivity index (χ4v) is 3.36. The van der Waals surface area contributed by atoms with Gasteiger partial charge in [-0.1, -0.05) is 30.3 Å². The summed E-state index contributed by atoms with van der Waals surface area (Å²) in [6.45, 7) is 1.83. The lowest BCUT2D eigenvalue weighted by Crippen LogP contribution is -2.12. The molecule has 0 saturated carbocycles. The number of aromatic nitrogens is 5. The molecule has 0 unspecified atom stereocenters. The molecule has 0 aliphatic carbocycles. The molecule has 0 aliphatic rings. The minimum Gasteiger partial charge on any atom is -0.319 e. The van der Waals surface area contributed by atoms with Crippen molar-refractivity contribution in [3.05, 3.63) is 71.8 Å². The molecular formula is C18H14N6OS. The number of anilines is 1. The number of nitrogens with zero attached hydrogens (tertiary/aromatic N) is 5. The van der Waals surface area contributed by atoms with E-state index in [4.69, 9.17) is 0 Å². The number of hydrogen-bond donors (Lipinski definition) is 1. The molecule has 26 heavy (non-hydrogen) atoms. The van der Waals surface area contributed by atoms with E-state index in [2.05, 4.69) is 25.4 Å². The van der Waals surface area contributed by atoms with Crippen LogP contribution in [0.2, 0.25) is 0 Å². The molecule has 3 aromatic heterocycles. The highest BCUT2D eigenvalue weighted by atomic mass is 32.1. The van der Waals surface area contributed by atoms with E-state index < -0.39 is 0 Å². The SMILES string of the molecule is Cc1nc(-c2ccccc2)sc1C(=O)Nc1cnc(-n2cccn2)nc1. The number of nitrogens with one attached hydrogen (secondary N) is 1. The first-order valence-corrected chi connectivity index (χ1v) is 8.68. The van der Waals surface area contributed by atoms with Crippen LogP contribution in [0.5, 0.6) is 0 Å². The van der Waals surface area contributed by atoms with E-state index >= 15 is 0 Å². The Labute approximate surface area is 153 Å². The highest BCUT2D eigenvalue weighted by Crippen LogP contribution is 2.28. The maximum atomic E-state index is 12.6. The van der Waals surface area contributed by atoms with E-state index in [1.54, 1.807) is 35.5 Å². The second kappa shape index (κ2) is 6.85. The molecule has 0 radical (unpaired) electrons. The zero-order valence-electron chi connectivity index (χ0n) is 13.8. The van der Waals surface area contributed by atoms with Crippen molar-refractivity contribution in [1.29, 1.82) is 0 Å². The summed E-state index contributed by atoms with van der Waals surface area (Å²) in [5, 5.41) is 7.70. The van der Waals surface area contributed by atoms with Gasteiger partial charge < -0.3 is 5.32 Å². The third kappa shape index (κ3) is 3.22. The van der Waals surface area contributed by atoms with Crippen LogP contribution in [-0.4, -0.2) is 30.6 Å². The predicted molar refractivity (Wildman–Crippen MR) is 99.4 cm³/mol. The molecule has 128 valence electrons. The molecule has 0 bridgehead atoms. The summed E-state index contributed by atoms with van der Waals surface area (Å²) in [5.74, 6) is 0.214. The topological polar surface area (TPSA) is 85.6 Å². The van der Waals surface area contributed by atoms with Crippen molar-refractivity contribution in [2.24, 2.45) is 0 Å². The van der Waals surface area contributed by atoms with Crippen LogP contribution < -0.4 is 5.32 Å². The van der Waals surface area contributed by atoms with E-state index in [0.29, 0.717) is 22.2 Å². The second-order valence-electron chi connectivity index (χ2n) is 5.48. The average Bonchev–Trinajstić information content (AvgIpc) is 3.33. The number of aryl methyl sites for hydroxylation is 1. The molecule has 1 aromatic carbocycles. The van der Waals surface area contributed by atoms with Crippen LogP contribution in [-0.2, 0) is 0 Å². The van der Waals surface area contributed by atoms with Crippen molar-refractivity contribution in [2.75, 3.05) is 5.32 Å². The third-order valence-corrected chi connectivity index (χ3v) is 4.83. The predicted octanol–water partition coefficient (Wildman–Crippen LogP) is 3.35. The number of thiazole rings is 1. The lowest BCUT2D eigenvalue weighted by Gasteiger charge is -2.04. The molecule has 0 saturated heterocycles. The van der Waals surface area contributed by atoms with Crippen molar-refractivity contribution in [3.63, 3.8) is 0 Å². The van der Waals surface area contributed by atoms with E-state index in [9.17, 15) is 4.79 Å². The van der Waals surface area contributed by atoms with E-state index in [1.165, 1.54) is 11.3 Å². The Balaban J connectivity index is 1.52. The second-order valence-corrected chi connectivity index (χ2v) is 6.48. The van der Waals surface area contributed by atoms with Gasteiger partial charge in [0.25, 0.3) is 11.9 Å². The first kappa shape index (κ1) is 16.1. The fraction of sp³-hybridized carbons (Fsp3) is 0.0556. The Morgan fingerprint density at radius 1 is 1.12 bits per heavy atom. The van der Waals surface area contributed by atoms with Crippen molar-refractivity contribution in [1.82, 2.24) is 24.7 Å². The molecule has 0 fully saturated rings. The number of carbonyl (C=O) groups is 1. The Morgan fingerprint density at radius 3 is 2.58 bits per heavy atom. The van der Waals surface area contributed by atoms with Crippen molar-refractivity contribution in [2.45, 2.75) is 6.92 Å². The van der Waals surface area contributed by atoms with Crippen LogP contribution >= 0.6 is 11.3 Å². The summed E-state index contributed by atoms with van der Waals surface area (Å²) >= 11 is 1.36. The molecule has 0 spiro atoms. The van der Waals surface area contributed by atoms with Crippen LogP contribution in [0.3, 0.4) is 0 Å². The Morgan fingerprint density at radius 2 is 1.88 bits per heavy atom. The standard InChI is InChI=1S/C18H14N6OS/c1-12-15(26-17(22-12)13-6-3-2-4-7-13)16(25)23-14-10-19-18(20-11-14)24-9-5-8-21-24/h2-11H,1H3,(H,23,25). The van der Waals surface area contributed by atoms with Gasteiger partial charge >= 0.3 is 0 Å². The highest BCUT2D eigenvalue weighted by Gasteiger charge is 2.16. The zero-order valence-corrected chi connectivity index (χ0v) is 14.6. The fourth-order valence-electron chi connectivity index (χ4n) is 2.39. The molecule has 0 atom stereocenters. The number of amides is 1. The molecule has 8 heteroatoms. The largest absolute Gasteiger partial charge is 0.319 e. The lowest BCUT2D eigenvalue weighted by atomic mass is 10.2. The number of rotatable bonds is 4. The molecule has 1 N–H and O–H groups in total. The third-order valence-electron chi connectivity index (χ3n) is 3.63. The monoisotopic (exact) mass is 362 g/mol. The van der Waals surface area contributed by atoms with Gasteiger partial charge in [-0.05, 0) is 13.0 Å². The quantitative estimate of drug-likeness (QED) is 0.602. The van der Waals surface area contributed by atoms with Gasteiger partial charge in [0, 0.05) is 18.0 Å². The maximum absolute atomic E-state index is 12.6. The first-order chi connectivity index (χ1) is 12.7. The lowest BCUT2D eigenvalue weighted by molar-refractivity contribution is 0.102. The van der Waals surface area contributed by atoms with Crippen molar-refractivity contribution in [3.8, 4) is 16.5 Å². The zero-order chi connectivity index (χ0) is 17.9. The molecule has 7 nitrogen and oxygen atoms in total. The van der Waals surface area contributed by atoms with E-state index in [1.807, 2.05) is 37.3 Å². The van der Waals surface area contributed by atoms with E-state index in [0.717, 1.165) is 10.6 Å². The smallest absolute Gasteiger partial charge is 0.267 e. The minimum absolute atomic E-state index is 0.224. The molecule has 4 aromatic rings. The molecule has 4 rings (SSSR count). The average molecular weight is 362 g/mol. The summed E-state index contributed by atoms with van der Waals surface area (Å²) < 4.78 is 1.55. The number of carbonyl (C=O) groups excluding carboxylic acids is 1. The van der Waals surface area contributed by atoms with Gasteiger partial charge in [-0.3, -0.25) is 4.79 Å². The normalized spacial score (nSPS) is 10.7. The Hall–Kier alpha value is -3.39. The van der Waals surface area contributed by atoms with Crippen LogP contribution in [0.4, 0.5) is 5.69 Å². The van der Waals surface area contributed by atoms with Gasteiger partial charge in [0.1, 0.15) is 9.88 Å². The summed E-state index contributed by atoms with van der Waals surface area (Å²) in [5.41, 5.74) is 2.20. The molecular weight excluding hydrogens is 348 g/mol. The van der Waals surface area contributed by atoms with Gasteiger partial charge in [-0.25, -0.2) is 19.6 Å². The minimum atomic E-state index is -0.224. The summed E-state index contributed by atoms with van der Waals surface area (Å²) in [7, 11) is 0. The molecule has 3 heterocycles. The van der Waals surface area contributed by atoms with Crippen LogP contribution in [0.1, 0.15) is 15.4 Å². The van der Waals surface area contributed by atoms with Crippen LogP contribution in [0.25, 0.3) is 16.5 Å². The number of benzene rings is 1. The maximum Gasteiger partial charge on any atom is 0.267 e. The van der Waals surface area contributed by atoms with Gasteiger partial charge in [-0.2, -0.15) is 5.10 Å².